The minimum absolute atomic E-state index is 0.311. The Morgan fingerprint density at radius 2 is 2.21 bits per heavy atom. The van der Waals surface area contributed by atoms with Crippen LogP contribution in [-0.4, -0.2) is 5.11 Å². The lowest BCUT2D eigenvalue weighted by atomic mass is 10.0. The predicted octanol–water partition coefficient (Wildman–Crippen LogP) is 3.65. The molecule has 0 aromatic heterocycles. The van der Waals surface area contributed by atoms with Gasteiger partial charge in [0.2, 0.25) is 0 Å². The standard InChI is InChI=1S/C11H14FIO/c1-2-3-4-11(14)9-7-8(13)5-6-10(9)12/h5-7,11,14H,2-4H2,1H3. The van der Waals surface area contributed by atoms with Crippen molar-refractivity contribution >= 4 is 22.6 Å². The number of aliphatic hydroxyl groups is 1. The summed E-state index contributed by atoms with van der Waals surface area (Å²) >= 11 is 2.12. The average molecular weight is 308 g/mol. The van der Waals surface area contributed by atoms with Crippen LogP contribution in [-0.2, 0) is 0 Å². The number of aliphatic hydroxyl groups excluding tert-OH is 1. The number of hydrogen-bond acceptors (Lipinski definition) is 1. The zero-order valence-electron chi connectivity index (χ0n) is 8.13. The molecule has 78 valence electrons. The Labute approximate surface area is 97.5 Å². The molecule has 1 aromatic carbocycles. The Hall–Kier alpha value is -0.160. The summed E-state index contributed by atoms with van der Waals surface area (Å²) in [4.78, 5) is 0. The lowest BCUT2D eigenvalue weighted by Gasteiger charge is -2.11. The molecule has 1 N–H and O–H groups in total. The molecule has 0 aliphatic carbocycles. The van der Waals surface area contributed by atoms with Crippen LogP contribution >= 0.6 is 22.6 Å². The molecule has 0 aliphatic heterocycles. The van der Waals surface area contributed by atoms with Crippen molar-refractivity contribution in [1.82, 2.24) is 0 Å². The molecule has 0 bridgehead atoms. The van der Waals surface area contributed by atoms with Crippen LogP contribution in [0.15, 0.2) is 18.2 Å². The van der Waals surface area contributed by atoms with Crippen LogP contribution in [0.5, 0.6) is 0 Å². The van der Waals surface area contributed by atoms with E-state index in [9.17, 15) is 9.50 Å². The number of benzene rings is 1. The zero-order valence-corrected chi connectivity index (χ0v) is 10.3. The van der Waals surface area contributed by atoms with Gasteiger partial charge in [0.1, 0.15) is 5.82 Å². The molecule has 1 atom stereocenters. The van der Waals surface area contributed by atoms with Crippen molar-refractivity contribution in [2.24, 2.45) is 0 Å². The van der Waals surface area contributed by atoms with Crippen molar-refractivity contribution in [3.63, 3.8) is 0 Å². The molecule has 0 amide bonds. The van der Waals surface area contributed by atoms with Gasteiger partial charge in [0, 0.05) is 9.13 Å². The minimum atomic E-state index is -0.662. The smallest absolute Gasteiger partial charge is 0.129 e. The van der Waals surface area contributed by atoms with Gasteiger partial charge in [-0.25, -0.2) is 4.39 Å². The van der Waals surface area contributed by atoms with Gasteiger partial charge in [-0.05, 0) is 47.2 Å². The number of unbranched alkanes of at least 4 members (excludes halogenated alkanes) is 1. The quantitative estimate of drug-likeness (QED) is 0.842. The van der Waals surface area contributed by atoms with Crippen molar-refractivity contribution in [3.05, 3.63) is 33.1 Å². The molecule has 1 aromatic rings. The molecule has 0 fully saturated rings. The third-order valence-electron chi connectivity index (χ3n) is 2.15. The Morgan fingerprint density at radius 3 is 2.86 bits per heavy atom. The van der Waals surface area contributed by atoms with E-state index >= 15 is 0 Å². The van der Waals surface area contributed by atoms with E-state index in [2.05, 4.69) is 29.5 Å². The van der Waals surface area contributed by atoms with Crippen LogP contribution in [0.25, 0.3) is 0 Å². The van der Waals surface area contributed by atoms with Crippen molar-refractivity contribution < 1.29 is 9.50 Å². The van der Waals surface area contributed by atoms with E-state index in [1.54, 1.807) is 12.1 Å². The highest BCUT2D eigenvalue weighted by Crippen LogP contribution is 2.23. The lowest BCUT2D eigenvalue weighted by Crippen LogP contribution is -2.01. The molecule has 0 saturated carbocycles. The molecular weight excluding hydrogens is 294 g/mol. The second-order valence-corrected chi connectivity index (χ2v) is 4.57. The molecule has 1 rings (SSSR count). The van der Waals surface area contributed by atoms with E-state index in [0.717, 1.165) is 16.4 Å². The zero-order chi connectivity index (χ0) is 10.6. The Balaban J connectivity index is 2.77. The second-order valence-electron chi connectivity index (χ2n) is 3.32. The summed E-state index contributed by atoms with van der Waals surface area (Å²) in [5.74, 6) is -0.311. The molecule has 1 nitrogen and oxygen atoms in total. The number of halogens is 2. The van der Waals surface area contributed by atoms with Gasteiger partial charge < -0.3 is 5.11 Å². The Kier molecular flexibility index (Phi) is 4.81. The van der Waals surface area contributed by atoms with Gasteiger partial charge in [0.15, 0.2) is 0 Å². The van der Waals surface area contributed by atoms with Crippen LogP contribution < -0.4 is 0 Å². The second kappa shape index (κ2) is 5.66. The van der Waals surface area contributed by atoms with Gasteiger partial charge in [-0.1, -0.05) is 19.8 Å². The maximum atomic E-state index is 13.3. The first-order chi connectivity index (χ1) is 6.65. The average Bonchev–Trinajstić information content (AvgIpc) is 2.18. The van der Waals surface area contributed by atoms with Crippen LogP contribution in [0.2, 0.25) is 0 Å². The van der Waals surface area contributed by atoms with Gasteiger partial charge >= 0.3 is 0 Å². The summed E-state index contributed by atoms with van der Waals surface area (Å²) in [5.41, 5.74) is 0.422. The first-order valence-electron chi connectivity index (χ1n) is 4.78. The van der Waals surface area contributed by atoms with Gasteiger partial charge in [-0.2, -0.15) is 0 Å². The molecule has 0 heterocycles. The van der Waals surface area contributed by atoms with Crippen molar-refractivity contribution in [2.75, 3.05) is 0 Å². The fourth-order valence-corrected chi connectivity index (χ4v) is 1.84. The summed E-state index contributed by atoms with van der Waals surface area (Å²) < 4.78 is 14.2. The van der Waals surface area contributed by atoms with Crippen LogP contribution in [0.1, 0.15) is 37.9 Å². The van der Waals surface area contributed by atoms with E-state index in [-0.39, 0.29) is 5.82 Å². The molecule has 0 radical (unpaired) electrons. The monoisotopic (exact) mass is 308 g/mol. The Morgan fingerprint density at radius 1 is 1.50 bits per heavy atom. The van der Waals surface area contributed by atoms with E-state index in [0.29, 0.717) is 12.0 Å². The molecule has 3 heteroatoms. The van der Waals surface area contributed by atoms with Crippen molar-refractivity contribution in [2.45, 2.75) is 32.3 Å². The fourth-order valence-electron chi connectivity index (χ4n) is 1.32. The fraction of sp³-hybridized carbons (Fsp3) is 0.455. The summed E-state index contributed by atoms with van der Waals surface area (Å²) in [6.45, 7) is 2.05. The molecular formula is C11H14FIO. The highest BCUT2D eigenvalue weighted by molar-refractivity contribution is 14.1. The van der Waals surface area contributed by atoms with Gasteiger partial charge in [-0.15, -0.1) is 0 Å². The highest BCUT2D eigenvalue weighted by Gasteiger charge is 2.12. The summed E-state index contributed by atoms with van der Waals surface area (Å²) in [6, 6.07) is 4.81. The van der Waals surface area contributed by atoms with Crippen molar-refractivity contribution in [3.8, 4) is 0 Å². The highest BCUT2D eigenvalue weighted by atomic mass is 127. The lowest BCUT2D eigenvalue weighted by molar-refractivity contribution is 0.159. The maximum Gasteiger partial charge on any atom is 0.129 e. The molecule has 14 heavy (non-hydrogen) atoms. The summed E-state index contributed by atoms with van der Waals surface area (Å²) in [6.07, 6.45) is 1.91. The maximum absolute atomic E-state index is 13.3. The summed E-state index contributed by atoms with van der Waals surface area (Å²) in [7, 11) is 0. The Bertz CT molecular complexity index is 301. The van der Waals surface area contributed by atoms with Crippen LogP contribution in [0.3, 0.4) is 0 Å². The van der Waals surface area contributed by atoms with E-state index in [4.69, 9.17) is 0 Å². The number of rotatable bonds is 4. The van der Waals surface area contributed by atoms with Gasteiger partial charge in [0.25, 0.3) is 0 Å². The third-order valence-corrected chi connectivity index (χ3v) is 2.82. The topological polar surface area (TPSA) is 20.2 Å². The van der Waals surface area contributed by atoms with E-state index in [1.807, 2.05) is 0 Å². The first-order valence-corrected chi connectivity index (χ1v) is 5.86. The van der Waals surface area contributed by atoms with Crippen LogP contribution in [0.4, 0.5) is 4.39 Å². The number of hydrogen-bond donors (Lipinski definition) is 1. The minimum Gasteiger partial charge on any atom is -0.388 e. The molecule has 0 saturated heterocycles. The van der Waals surface area contributed by atoms with Crippen LogP contribution in [0, 0.1) is 9.39 Å². The molecule has 0 aliphatic rings. The normalized spacial score (nSPS) is 12.9. The third kappa shape index (κ3) is 3.20. The van der Waals surface area contributed by atoms with E-state index < -0.39 is 6.10 Å². The van der Waals surface area contributed by atoms with Gasteiger partial charge in [-0.3, -0.25) is 0 Å². The van der Waals surface area contributed by atoms with Crippen molar-refractivity contribution in [1.29, 1.82) is 0 Å². The SMILES string of the molecule is CCCCC(O)c1cc(I)ccc1F. The molecule has 0 spiro atoms. The van der Waals surface area contributed by atoms with E-state index in [1.165, 1.54) is 6.07 Å². The largest absolute Gasteiger partial charge is 0.388 e. The summed E-state index contributed by atoms with van der Waals surface area (Å²) in [5, 5.41) is 9.71. The first kappa shape index (κ1) is 11.9. The van der Waals surface area contributed by atoms with Gasteiger partial charge in [0.05, 0.1) is 6.10 Å². The molecule has 1 unspecified atom stereocenters. The predicted molar refractivity (Wildman–Crippen MR) is 63.6 cm³/mol.